The molecule has 0 saturated carbocycles. The third-order valence-corrected chi connectivity index (χ3v) is 3.25. The Bertz CT molecular complexity index is 558. The number of hydrogen-bond acceptors (Lipinski definition) is 4. The summed E-state index contributed by atoms with van der Waals surface area (Å²) in [7, 11) is 0. The van der Waals surface area contributed by atoms with Gasteiger partial charge in [0.15, 0.2) is 11.8 Å². The molecule has 0 fully saturated rings. The van der Waals surface area contributed by atoms with Crippen molar-refractivity contribution in [2.24, 2.45) is 0 Å². The minimum absolute atomic E-state index is 0.107. The van der Waals surface area contributed by atoms with Gasteiger partial charge in [-0.05, 0) is 30.5 Å². The number of rotatable bonds is 4. The lowest BCUT2D eigenvalue weighted by atomic mass is 10.2. The molecule has 1 atom stereocenters. The third kappa shape index (κ3) is 2.60. The van der Waals surface area contributed by atoms with E-state index in [9.17, 15) is 9.59 Å². The molecule has 2 aromatic heterocycles. The van der Waals surface area contributed by atoms with E-state index in [-0.39, 0.29) is 5.76 Å². The van der Waals surface area contributed by atoms with Gasteiger partial charge in [0.1, 0.15) is 5.76 Å². The second-order valence-electron chi connectivity index (χ2n) is 3.67. The Labute approximate surface area is 107 Å². The van der Waals surface area contributed by atoms with Gasteiger partial charge in [-0.3, -0.25) is 4.79 Å². The van der Waals surface area contributed by atoms with E-state index < -0.39 is 17.9 Å². The van der Waals surface area contributed by atoms with E-state index in [4.69, 9.17) is 9.52 Å². The maximum absolute atomic E-state index is 11.8. The number of amides is 1. The zero-order chi connectivity index (χ0) is 13.1. The molecule has 94 valence electrons. The zero-order valence-corrected chi connectivity index (χ0v) is 10.4. The molecule has 0 aromatic carbocycles. The number of carbonyl (C=O) groups excluding carboxylic acids is 1. The summed E-state index contributed by atoms with van der Waals surface area (Å²) in [5.74, 6) is -0.934. The number of aryl methyl sites for hydroxylation is 1. The molecule has 2 aromatic rings. The number of carbonyl (C=O) groups is 2. The van der Waals surface area contributed by atoms with Crippen LogP contribution >= 0.6 is 11.3 Å². The van der Waals surface area contributed by atoms with Crippen LogP contribution in [0.1, 0.15) is 27.2 Å². The van der Waals surface area contributed by atoms with Gasteiger partial charge in [0, 0.05) is 4.88 Å². The molecule has 2 N–H and O–H groups in total. The largest absolute Gasteiger partial charge is 0.479 e. The van der Waals surface area contributed by atoms with Crippen molar-refractivity contribution in [2.45, 2.75) is 13.0 Å². The minimum Gasteiger partial charge on any atom is -0.479 e. The molecule has 2 rings (SSSR count). The van der Waals surface area contributed by atoms with Crippen molar-refractivity contribution in [3.05, 3.63) is 46.0 Å². The van der Waals surface area contributed by atoms with E-state index in [1.807, 2.05) is 0 Å². The first-order valence-corrected chi connectivity index (χ1v) is 6.09. The average Bonchev–Trinajstić information content (AvgIpc) is 2.95. The lowest BCUT2D eigenvalue weighted by Gasteiger charge is -2.11. The standard InChI is InChI=1S/C12H11NO4S/c1-7-4-5-8(17-7)11(14)13-10(12(15)16)9-3-2-6-18-9/h2-6,10H,1H3,(H,13,14)(H,15,16). The summed E-state index contributed by atoms with van der Waals surface area (Å²) < 4.78 is 5.14. The Kier molecular flexibility index (Phi) is 3.47. The smallest absolute Gasteiger partial charge is 0.331 e. The number of nitrogens with one attached hydrogen (secondary N) is 1. The molecule has 5 nitrogen and oxygen atoms in total. The van der Waals surface area contributed by atoms with Crippen molar-refractivity contribution in [3.8, 4) is 0 Å². The molecule has 6 heteroatoms. The van der Waals surface area contributed by atoms with Crippen LogP contribution in [0.3, 0.4) is 0 Å². The van der Waals surface area contributed by atoms with Crippen molar-refractivity contribution in [2.75, 3.05) is 0 Å². The van der Waals surface area contributed by atoms with Crippen LogP contribution in [0.4, 0.5) is 0 Å². The van der Waals surface area contributed by atoms with Crippen LogP contribution in [0.5, 0.6) is 0 Å². The van der Waals surface area contributed by atoms with Gasteiger partial charge < -0.3 is 14.8 Å². The van der Waals surface area contributed by atoms with Gasteiger partial charge in [0.05, 0.1) is 0 Å². The molecule has 0 aliphatic rings. The van der Waals surface area contributed by atoms with E-state index in [2.05, 4.69) is 5.32 Å². The fraction of sp³-hybridized carbons (Fsp3) is 0.167. The predicted octanol–water partition coefficient (Wildman–Crippen LogP) is 2.21. The normalized spacial score (nSPS) is 12.1. The van der Waals surface area contributed by atoms with Crippen molar-refractivity contribution in [1.29, 1.82) is 0 Å². The molecular formula is C12H11NO4S. The summed E-state index contributed by atoms with van der Waals surface area (Å²) in [6, 6.07) is 5.51. The number of carboxylic acid groups (broad SMARTS) is 1. The van der Waals surface area contributed by atoms with Gasteiger partial charge in [-0.2, -0.15) is 0 Å². The highest BCUT2D eigenvalue weighted by Gasteiger charge is 2.24. The maximum Gasteiger partial charge on any atom is 0.331 e. The van der Waals surface area contributed by atoms with E-state index in [0.29, 0.717) is 10.6 Å². The fourth-order valence-electron chi connectivity index (χ4n) is 1.47. The topological polar surface area (TPSA) is 79.5 Å². The lowest BCUT2D eigenvalue weighted by Crippen LogP contribution is -2.32. The van der Waals surface area contributed by atoms with Crippen LogP contribution in [0, 0.1) is 6.92 Å². The average molecular weight is 265 g/mol. The Hall–Kier alpha value is -2.08. The molecule has 0 bridgehead atoms. The van der Waals surface area contributed by atoms with Gasteiger partial charge in [-0.25, -0.2) is 4.79 Å². The highest BCUT2D eigenvalue weighted by atomic mass is 32.1. The Morgan fingerprint density at radius 2 is 2.17 bits per heavy atom. The van der Waals surface area contributed by atoms with Crippen molar-refractivity contribution in [1.82, 2.24) is 5.32 Å². The Balaban J connectivity index is 2.15. The molecular weight excluding hydrogens is 254 g/mol. The van der Waals surface area contributed by atoms with Gasteiger partial charge in [0.2, 0.25) is 0 Å². The number of aliphatic carboxylic acids is 1. The first kappa shape index (κ1) is 12.4. The molecule has 18 heavy (non-hydrogen) atoms. The summed E-state index contributed by atoms with van der Waals surface area (Å²) in [5, 5.41) is 13.3. The molecule has 1 amide bonds. The monoisotopic (exact) mass is 265 g/mol. The quantitative estimate of drug-likeness (QED) is 0.888. The first-order valence-electron chi connectivity index (χ1n) is 5.21. The summed E-state index contributed by atoms with van der Waals surface area (Å²) in [4.78, 5) is 23.5. The van der Waals surface area contributed by atoms with Crippen LogP contribution in [0.15, 0.2) is 34.1 Å². The lowest BCUT2D eigenvalue weighted by molar-refractivity contribution is -0.139. The van der Waals surface area contributed by atoms with Crippen molar-refractivity contribution < 1.29 is 19.1 Å². The number of carboxylic acids is 1. The second-order valence-corrected chi connectivity index (χ2v) is 4.65. The summed E-state index contributed by atoms with van der Waals surface area (Å²) in [5.41, 5.74) is 0. The van der Waals surface area contributed by atoms with Crippen LogP contribution < -0.4 is 5.32 Å². The predicted molar refractivity (Wildman–Crippen MR) is 65.6 cm³/mol. The van der Waals surface area contributed by atoms with E-state index >= 15 is 0 Å². The molecule has 0 spiro atoms. The highest BCUT2D eigenvalue weighted by molar-refractivity contribution is 7.10. The maximum atomic E-state index is 11.8. The molecule has 2 heterocycles. The molecule has 0 saturated heterocycles. The number of furan rings is 1. The number of thiophene rings is 1. The van der Waals surface area contributed by atoms with Gasteiger partial charge in [-0.1, -0.05) is 6.07 Å². The molecule has 0 radical (unpaired) electrons. The van der Waals surface area contributed by atoms with Crippen molar-refractivity contribution in [3.63, 3.8) is 0 Å². The number of hydrogen-bond donors (Lipinski definition) is 2. The van der Waals surface area contributed by atoms with Crippen LogP contribution in [-0.4, -0.2) is 17.0 Å². The van der Waals surface area contributed by atoms with Gasteiger partial charge in [-0.15, -0.1) is 11.3 Å². The molecule has 1 unspecified atom stereocenters. The van der Waals surface area contributed by atoms with Gasteiger partial charge >= 0.3 is 5.97 Å². The zero-order valence-electron chi connectivity index (χ0n) is 9.54. The van der Waals surface area contributed by atoms with E-state index in [1.165, 1.54) is 17.4 Å². The summed E-state index contributed by atoms with van der Waals surface area (Å²) >= 11 is 1.28. The first-order chi connectivity index (χ1) is 8.58. The van der Waals surface area contributed by atoms with Gasteiger partial charge in [0.25, 0.3) is 5.91 Å². The van der Waals surface area contributed by atoms with Crippen molar-refractivity contribution >= 4 is 23.2 Å². The summed E-state index contributed by atoms with van der Waals surface area (Å²) in [6.45, 7) is 1.71. The Morgan fingerprint density at radius 3 is 2.67 bits per heavy atom. The fourth-order valence-corrected chi connectivity index (χ4v) is 2.24. The molecule has 0 aliphatic carbocycles. The van der Waals surface area contributed by atoms with Crippen LogP contribution in [-0.2, 0) is 4.79 Å². The minimum atomic E-state index is -1.10. The molecule has 0 aliphatic heterocycles. The Morgan fingerprint density at radius 1 is 1.39 bits per heavy atom. The second kappa shape index (κ2) is 5.05. The summed E-state index contributed by atoms with van der Waals surface area (Å²) in [6.07, 6.45) is 0. The SMILES string of the molecule is Cc1ccc(C(=O)NC(C(=O)O)c2cccs2)o1. The van der Waals surface area contributed by atoms with E-state index in [0.717, 1.165) is 0 Å². The van der Waals surface area contributed by atoms with E-state index in [1.54, 1.807) is 30.5 Å². The van der Waals surface area contributed by atoms with Crippen LogP contribution in [0.25, 0.3) is 0 Å². The highest BCUT2D eigenvalue weighted by Crippen LogP contribution is 2.20. The third-order valence-electron chi connectivity index (χ3n) is 2.31. The van der Waals surface area contributed by atoms with Crippen LogP contribution in [0.2, 0.25) is 0 Å².